The Labute approximate surface area is 135 Å². The molecule has 2 N–H and O–H groups in total. The molecule has 0 radical (unpaired) electrons. The minimum atomic E-state index is -0.761. The van der Waals surface area contributed by atoms with Crippen molar-refractivity contribution in [2.45, 2.75) is 13.0 Å². The number of rotatable bonds is 5. The summed E-state index contributed by atoms with van der Waals surface area (Å²) in [6, 6.07) is 17.8. The zero-order valence-electron chi connectivity index (χ0n) is 13.2. The quantitative estimate of drug-likeness (QED) is 0.890. The number of carbonyl (C=O) groups excluding carboxylic acids is 2. The van der Waals surface area contributed by atoms with Gasteiger partial charge in [-0.15, -0.1) is 0 Å². The second kappa shape index (κ2) is 8.10. The molecule has 2 aromatic rings. The molecule has 0 fully saturated rings. The van der Waals surface area contributed by atoms with E-state index in [0.29, 0.717) is 0 Å². The van der Waals surface area contributed by atoms with Gasteiger partial charge < -0.3 is 4.74 Å². The minimum Gasteiger partial charge on any atom is -0.453 e. The first-order chi connectivity index (χ1) is 11.1. The highest BCUT2D eigenvalue weighted by molar-refractivity contribution is 5.92. The molecule has 23 heavy (non-hydrogen) atoms. The van der Waals surface area contributed by atoms with Gasteiger partial charge in [-0.25, -0.2) is 4.79 Å². The van der Waals surface area contributed by atoms with E-state index in [0.717, 1.165) is 11.1 Å². The first-order valence-corrected chi connectivity index (χ1v) is 7.33. The average Bonchev–Trinajstić information content (AvgIpc) is 2.57. The van der Waals surface area contributed by atoms with Gasteiger partial charge in [0.15, 0.2) is 0 Å². The number of methoxy groups -OCH3 is 1. The molecule has 0 aliphatic heterocycles. The Hall–Kier alpha value is -2.66. The van der Waals surface area contributed by atoms with Gasteiger partial charge in [0.1, 0.15) is 0 Å². The van der Waals surface area contributed by atoms with Gasteiger partial charge in [-0.1, -0.05) is 60.2 Å². The van der Waals surface area contributed by atoms with Crippen LogP contribution in [0.1, 0.15) is 22.7 Å². The zero-order valence-corrected chi connectivity index (χ0v) is 13.2. The molecular weight excluding hydrogens is 292 g/mol. The van der Waals surface area contributed by atoms with E-state index in [1.165, 1.54) is 12.7 Å². The number of aryl methyl sites for hydroxylation is 1. The van der Waals surface area contributed by atoms with Crippen molar-refractivity contribution >= 4 is 12.0 Å². The summed E-state index contributed by atoms with van der Waals surface area (Å²) in [7, 11) is 1.22. The van der Waals surface area contributed by atoms with E-state index < -0.39 is 12.0 Å². The third kappa shape index (κ3) is 4.93. The minimum absolute atomic E-state index is 0.00252. The predicted octanol–water partition coefficient (Wildman–Crippen LogP) is 2.56. The van der Waals surface area contributed by atoms with Crippen LogP contribution in [0.25, 0.3) is 0 Å². The van der Waals surface area contributed by atoms with Gasteiger partial charge in [0.25, 0.3) is 0 Å². The van der Waals surface area contributed by atoms with E-state index in [-0.39, 0.29) is 12.6 Å². The van der Waals surface area contributed by atoms with Gasteiger partial charge in [-0.2, -0.15) is 0 Å². The Morgan fingerprint density at radius 2 is 1.61 bits per heavy atom. The highest BCUT2D eigenvalue weighted by Gasteiger charge is 2.15. The number of ether oxygens (including phenoxy) is 1. The maximum absolute atomic E-state index is 11.8. The maximum atomic E-state index is 11.8. The van der Waals surface area contributed by atoms with Gasteiger partial charge in [0.05, 0.1) is 19.7 Å². The standard InChI is InChI=1S/C18H20N2O3/c1-13-8-10-15(11-9-13)17(14-6-4-3-5-7-14)19-12-16(21)20-18(22)23-2/h3-11,17,19H,12H2,1-2H3,(H,20,21,22)/t17-/m1/s1. The lowest BCUT2D eigenvalue weighted by atomic mass is 9.98. The number of nitrogens with one attached hydrogen (secondary N) is 2. The van der Waals surface area contributed by atoms with Crippen molar-refractivity contribution in [2.24, 2.45) is 0 Å². The van der Waals surface area contributed by atoms with E-state index in [4.69, 9.17) is 0 Å². The number of imide groups is 1. The van der Waals surface area contributed by atoms with Crippen LogP contribution in [0.3, 0.4) is 0 Å². The summed E-state index contributed by atoms with van der Waals surface area (Å²) in [5, 5.41) is 5.32. The Bertz CT molecular complexity index is 654. The van der Waals surface area contributed by atoms with E-state index in [1.54, 1.807) is 0 Å². The molecule has 0 saturated heterocycles. The van der Waals surface area contributed by atoms with Crippen molar-refractivity contribution in [2.75, 3.05) is 13.7 Å². The molecule has 0 heterocycles. The molecule has 0 spiro atoms. The predicted molar refractivity (Wildman–Crippen MR) is 88.0 cm³/mol. The van der Waals surface area contributed by atoms with E-state index in [2.05, 4.69) is 15.4 Å². The molecule has 2 aromatic carbocycles. The van der Waals surface area contributed by atoms with E-state index in [1.807, 2.05) is 61.5 Å². The van der Waals surface area contributed by atoms with Crippen molar-refractivity contribution in [1.29, 1.82) is 0 Å². The van der Waals surface area contributed by atoms with Crippen LogP contribution in [0, 0.1) is 6.92 Å². The number of hydrogen-bond acceptors (Lipinski definition) is 4. The van der Waals surface area contributed by atoms with Crippen LogP contribution >= 0.6 is 0 Å². The van der Waals surface area contributed by atoms with Gasteiger partial charge in [-0.05, 0) is 18.1 Å². The largest absolute Gasteiger partial charge is 0.453 e. The monoisotopic (exact) mass is 312 g/mol. The molecule has 0 saturated carbocycles. The second-order valence-electron chi connectivity index (χ2n) is 5.18. The number of carbonyl (C=O) groups is 2. The van der Waals surface area contributed by atoms with Crippen LogP contribution in [0.5, 0.6) is 0 Å². The second-order valence-corrected chi connectivity index (χ2v) is 5.18. The SMILES string of the molecule is COC(=O)NC(=O)CN[C@H](c1ccccc1)c1ccc(C)cc1. The number of alkyl carbamates (subject to hydrolysis) is 1. The Balaban J connectivity index is 2.13. The highest BCUT2D eigenvalue weighted by atomic mass is 16.5. The fraction of sp³-hybridized carbons (Fsp3) is 0.222. The summed E-state index contributed by atoms with van der Waals surface area (Å²) in [5.74, 6) is -0.440. The lowest BCUT2D eigenvalue weighted by Gasteiger charge is -2.19. The van der Waals surface area contributed by atoms with Gasteiger partial charge in [-0.3, -0.25) is 15.4 Å². The van der Waals surface area contributed by atoms with Crippen LogP contribution in [0.15, 0.2) is 54.6 Å². The lowest BCUT2D eigenvalue weighted by molar-refractivity contribution is -0.119. The van der Waals surface area contributed by atoms with Crippen LogP contribution in [0.4, 0.5) is 4.79 Å². The topological polar surface area (TPSA) is 67.4 Å². The third-order valence-electron chi connectivity index (χ3n) is 3.44. The van der Waals surface area contributed by atoms with Crippen molar-refractivity contribution in [3.63, 3.8) is 0 Å². The van der Waals surface area contributed by atoms with Crippen molar-refractivity contribution in [1.82, 2.24) is 10.6 Å². The fourth-order valence-corrected chi connectivity index (χ4v) is 2.24. The van der Waals surface area contributed by atoms with Crippen LogP contribution in [-0.4, -0.2) is 25.7 Å². The number of hydrogen-bond donors (Lipinski definition) is 2. The summed E-state index contributed by atoms with van der Waals surface area (Å²) < 4.78 is 4.41. The summed E-state index contributed by atoms with van der Waals surface area (Å²) in [5.41, 5.74) is 3.26. The smallest absolute Gasteiger partial charge is 0.413 e. The molecule has 0 bridgehead atoms. The molecule has 2 amide bonds. The van der Waals surface area contributed by atoms with Crippen LogP contribution in [-0.2, 0) is 9.53 Å². The molecule has 5 nitrogen and oxygen atoms in total. The van der Waals surface area contributed by atoms with Crippen LogP contribution in [0.2, 0.25) is 0 Å². The van der Waals surface area contributed by atoms with Crippen molar-refractivity contribution in [3.05, 3.63) is 71.3 Å². The Morgan fingerprint density at radius 3 is 2.22 bits per heavy atom. The zero-order chi connectivity index (χ0) is 16.7. The normalized spacial score (nSPS) is 11.6. The first-order valence-electron chi connectivity index (χ1n) is 7.33. The summed E-state index contributed by atoms with van der Waals surface area (Å²) in [6.45, 7) is 2.03. The average molecular weight is 312 g/mol. The summed E-state index contributed by atoms with van der Waals surface area (Å²) in [4.78, 5) is 22.8. The molecule has 1 atom stereocenters. The lowest BCUT2D eigenvalue weighted by Crippen LogP contribution is -2.39. The molecule has 0 aliphatic carbocycles. The summed E-state index contributed by atoms with van der Waals surface area (Å²) in [6.07, 6.45) is -0.761. The molecule has 2 rings (SSSR count). The third-order valence-corrected chi connectivity index (χ3v) is 3.44. The first kappa shape index (κ1) is 16.7. The summed E-state index contributed by atoms with van der Waals surface area (Å²) >= 11 is 0. The Kier molecular flexibility index (Phi) is 5.88. The van der Waals surface area contributed by atoms with Gasteiger partial charge >= 0.3 is 6.09 Å². The van der Waals surface area contributed by atoms with E-state index in [9.17, 15) is 9.59 Å². The maximum Gasteiger partial charge on any atom is 0.413 e. The van der Waals surface area contributed by atoms with E-state index >= 15 is 0 Å². The van der Waals surface area contributed by atoms with Crippen LogP contribution < -0.4 is 10.6 Å². The van der Waals surface area contributed by atoms with Gasteiger partial charge in [0, 0.05) is 0 Å². The molecule has 120 valence electrons. The Morgan fingerprint density at radius 1 is 1.00 bits per heavy atom. The van der Waals surface area contributed by atoms with Crippen molar-refractivity contribution < 1.29 is 14.3 Å². The van der Waals surface area contributed by atoms with Crippen molar-refractivity contribution in [3.8, 4) is 0 Å². The van der Waals surface area contributed by atoms with Gasteiger partial charge in [0.2, 0.25) is 5.91 Å². The highest BCUT2D eigenvalue weighted by Crippen LogP contribution is 2.22. The number of benzene rings is 2. The molecule has 0 aromatic heterocycles. The molecule has 0 unspecified atom stereocenters. The molecular formula is C18H20N2O3. The number of amides is 2. The molecule has 0 aliphatic rings. The fourth-order valence-electron chi connectivity index (χ4n) is 2.24. The molecule has 5 heteroatoms.